The molecule has 0 saturated heterocycles. The summed E-state index contributed by atoms with van der Waals surface area (Å²) in [6, 6.07) is 0. The van der Waals surface area contributed by atoms with Crippen molar-refractivity contribution in [2.24, 2.45) is 0 Å². The second-order valence-electron chi connectivity index (χ2n) is 3.35. The lowest BCUT2D eigenvalue weighted by Gasteiger charge is -2.08. The van der Waals surface area contributed by atoms with E-state index in [1.807, 2.05) is 6.92 Å². The Hall–Kier alpha value is -2.38. The average Bonchev–Trinajstić information content (AvgIpc) is 2.95. The van der Waals surface area contributed by atoms with Gasteiger partial charge in [-0.15, -0.1) is 0 Å². The molecule has 0 radical (unpaired) electrons. The predicted octanol–water partition coefficient (Wildman–Crippen LogP) is 0.614. The molecule has 0 fully saturated rings. The number of carbonyl (C=O) groups is 1. The number of aromatic carboxylic acids is 1. The van der Waals surface area contributed by atoms with Crippen molar-refractivity contribution in [3.63, 3.8) is 0 Å². The Labute approximate surface area is 96.3 Å². The molecular weight excluding hydrogens is 226 g/mol. The number of nitrogens with zero attached hydrogens (tertiary/aromatic N) is 4. The molecule has 0 amide bonds. The molecule has 0 saturated carbocycles. The number of hydrogen-bond acceptors (Lipinski definition) is 6. The number of aromatic amines is 1. The lowest BCUT2D eigenvalue weighted by atomic mass is 10.3. The molecule has 8 nitrogen and oxygen atoms in total. The molecule has 90 valence electrons. The monoisotopic (exact) mass is 237 g/mol. The first-order valence-electron chi connectivity index (χ1n) is 4.95. The van der Waals surface area contributed by atoms with Gasteiger partial charge >= 0.3 is 5.97 Å². The van der Waals surface area contributed by atoms with Crippen molar-refractivity contribution in [1.82, 2.24) is 20.1 Å². The van der Waals surface area contributed by atoms with E-state index in [1.54, 1.807) is 11.9 Å². The summed E-state index contributed by atoms with van der Waals surface area (Å²) < 4.78 is 4.99. The third-order valence-corrected chi connectivity index (χ3v) is 2.29. The fourth-order valence-corrected chi connectivity index (χ4v) is 1.23. The summed E-state index contributed by atoms with van der Waals surface area (Å²) in [5, 5.41) is 12.6. The molecule has 8 heteroatoms. The van der Waals surface area contributed by atoms with Crippen LogP contribution in [0.1, 0.15) is 17.4 Å². The third-order valence-electron chi connectivity index (χ3n) is 2.29. The smallest absolute Gasteiger partial charge is 0.356 e. The summed E-state index contributed by atoms with van der Waals surface area (Å²) in [5.74, 6) is -0.645. The predicted molar refractivity (Wildman–Crippen MR) is 57.8 cm³/mol. The number of nitrogens with one attached hydrogen (secondary N) is 1. The quantitative estimate of drug-likeness (QED) is 0.801. The van der Waals surface area contributed by atoms with Crippen molar-refractivity contribution in [3.05, 3.63) is 12.0 Å². The van der Waals surface area contributed by atoms with Gasteiger partial charge in [0.15, 0.2) is 5.69 Å². The number of carboxylic acid groups (broad SMARTS) is 1. The van der Waals surface area contributed by atoms with Crippen molar-refractivity contribution < 1.29 is 14.4 Å². The standard InChI is InChI=1S/C9H11N5O3/c1-3-14(2)9-12-7(17-13-9)5-6(8(15)16)11-4-10-5/h4H,3H2,1-2H3,(H,10,11)(H,15,16). The summed E-state index contributed by atoms with van der Waals surface area (Å²) in [4.78, 5) is 23.1. The maximum Gasteiger partial charge on any atom is 0.356 e. The lowest BCUT2D eigenvalue weighted by molar-refractivity contribution is 0.0691. The first-order chi connectivity index (χ1) is 8.13. The molecule has 2 rings (SSSR count). The topological polar surface area (TPSA) is 108 Å². The molecule has 0 atom stereocenters. The first kappa shape index (κ1) is 11.1. The summed E-state index contributed by atoms with van der Waals surface area (Å²) in [5.41, 5.74) is 0.0695. The maximum absolute atomic E-state index is 10.9. The molecule has 2 heterocycles. The van der Waals surface area contributed by atoms with E-state index in [9.17, 15) is 4.79 Å². The molecule has 2 N–H and O–H groups in total. The van der Waals surface area contributed by atoms with Crippen molar-refractivity contribution in [2.45, 2.75) is 6.92 Å². The molecule has 17 heavy (non-hydrogen) atoms. The van der Waals surface area contributed by atoms with E-state index in [0.717, 1.165) is 0 Å². The highest BCUT2D eigenvalue weighted by Gasteiger charge is 2.20. The largest absolute Gasteiger partial charge is 0.476 e. The number of aromatic nitrogens is 4. The average molecular weight is 237 g/mol. The number of H-pyrrole nitrogens is 1. The molecular formula is C9H11N5O3. The van der Waals surface area contributed by atoms with Crippen LogP contribution < -0.4 is 4.90 Å². The highest BCUT2D eigenvalue weighted by molar-refractivity contribution is 5.91. The van der Waals surface area contributed by atoms with E-state index < -0.39 is 5.97 Å². The van der Waals surface area contributed by atoms with Crippen LogP contribution in [0.25, 0.3) is 11.6 Å². The Morgan fingerprint density at radius 1 is 1.65 bits per heavy atom. The number of hydrogen-bond donors (Lipinski definition) is 2. The Morgan fingerprint density at radius 2 is 2.41 bits per heavy atom. The molecule has 2 aromatic heterocycles. The normalized spacial score (nSPS) is 10.5. The minimum Gasteiger partial charge on any atom is -0.476 e. The van der Waals surface area contributed by atoms with Crippen LogP contribution in [-0.4, -0.2) is 44.8 Å². The Balaban J connectivity index is 2.37. The van der Waals surface area contributed by atoms with Gasteiger partial charge in [-0.1, -0.05) is 0 Å². The van der Waals surface area contributed by atoms with Gasteiger partial charge < -0.3 is 19.5 Å². The third kappa shape index (κ3) is 1.96. The van der Waals surface area contributed by atoms with E-state index in [2.05, 4.69) is 20.1 Å². The van der Waals surface area contributed by atoms with E-state index in [4.69, 9.17) is 9.63 Å². The molecule has 0 bridgehead atoms. The minimum absolute atomic E-state index is 0.107. The van der Waals surface area contributed by atoms with Crippen molar-refractivity contribution in [2.75, 3.05) is 18.5 Å². The van der Waals surface area contributed by atoms with Gasteiger partial charge in [0, 0.05) is 13.6 Å². The summed E-state index contributed by atoms with van der Waals surface area (Å²) >= 11 is 0. The maximum atomic E-state index is 10.9. The number of carboxylic acids is 1. The van der Waals surface area contributed by atoms with Gasteiger partial charge in [-0.05, 0) is 12.1 Å². The molecule has 0 aliphatic rings. The summed E-state index contributed by atoms with van der Waals surface area (Å²) in [6.07, 6.45) is 1.27. The van der Waals surface area contributed by atoms with Gasteiger partial charge in [-0.3, -0.25) is 0 Å². The van der Waals surface area contributed by atoms with Crippen LogP contribution in [0.15, 0.2) is 10.9 Å². The van der Waals surface area contributed by atoms with Gasteiger partial charge in [-0.2, -0.15) is 4.98 Å². The molecule has 0 spiro atoms. The molecule has 0 aromatic carbocycles. The molecule has 0 unspecified atom stereocenters. The van der Waals surface area contributed by atoms with E-state index in [0.29, 0.717) is 12.5 Å². The van der Waals surface area contributed by atoms with Crippen LogP contribution in [0.5, 0.6) is 0 Å². The second-order valence-corrected chi connectivity index (χ2v) is 3.35. The van der Waals surface area contributed by atoms with Gasteiger partial charge in [-0.25, -0.2) is 9.78 Å². The zero-order valence-electron chi connectivity index (χ0n) is 9.34. The van der Waals surface area contributed by atoms with Gasteiger partial charge in [0.2, 0.25) is 0 Å². The second kappa shape index (κ2) is 4.24. The number of rotatable bonds is 4. The van der Waals surface area contributed by atoms with Crippen LogP contribution in [-0.2, 0) is 0 Å². The molecule has 0 aliphatic heterocycles. The Morgan fingerprint density at radius 3 is 3.06 bits per heavy atom. The Kier molecular flexibility index (Phi) is 2.77. The van der Waals surface area contributed by atoms with Crippen LogP contribution >= 0.6 is 0 Å². The van der Waals surface area contributed by atoms with Crippen LogP contribution in [0.4, 0.5) is 5.95 Å². The first-order valence-corrected chi connectivity index (χ1v) is 4.95. The highest BCUT2D eigenvalue weighted by atomic mass is 16.5. The van der Waals surface area contributed by atoms with Crippen LogP contribution in [0, 0.1) is 0 Å². The van der Waals surface area contributed by atoms with Gasteiger partial charge in [0.05, 0.1) is 6.33 Å². The van der Waals surface area contributed by atoms with Crippen molar-refractivity contribution in [1.29, 1.82) is 0 Å². The van der Waals surface area contributed by atoms with E-state index >= 15 is 0 Å². The number of imidazole rings is 1. The fraction of sp³-hybridized carbons (Fsp3) is 0.333. The number of anilines is 1. The zero-order valence-corrected chi connectivity index (χ0v) is 9.34. The van der Waals surface area contributed by atoms with Gasteiger partial charge in [0.1, 0.15) is 5.69 Å². The highest BCUT2D eigenvalue weighted by Crippen LogP contribution is 2.20. The van der Waals surface area contributed by atoms with Crippen molar-refractivity contribution in [3.8, 4) is 11.6 Å². The minimum atomic E-state index is -1.15. The van der Waals surface area contributed by atoms with Crippen molar-refractivity contribution >= 4 is 11.9 Å². The fourth-order valence-electron chi connectivity index (χ4n) is 1.23. The van der Waals surface area contributed by atoms with E-state index in [-0.39, 0.29) is 17.3 Å². The summed E-state index contributed by atoms with van der Waals surface area (Å²) in [7, 11) is 1.81. The lowest BCUT2D eigenvalue weighted by Crippen LogP contribution is -2.17. The Bertz CT molecular complexity index is 532. The summed E-state index contributed by atoms with van der Waals surface area (Å²) in [6.45, 7) is 2.66. The van der Waals surface area contributed by atoms with Crippen LogP contribution in [0.2, 0.25) is 0 Å². The van der Waals surface area contributed by atoms with E-state index in [1.165, 1.54) is 6.33 Å². The zero-order chi connectivity index (χ0) is 12.4. The van der Waals surface area contributed by atoms with Gasteiger partial charge in [0.25, 0.3) is 11.8 Å². The SMILES string of the molecule is CCN(C)c1noc(-c2[nH]cnc2C(=O)O)n1. The molecule has 0 aliphatic carbocycles. The molecule has 2 aromatic rings. The van der Waals surface area contributed by atoms with Crippen LogP contribution in [0.3, 0.4) is 0 Å².